The molecular formula is C17H16O2. The van der Waals surface area contributed by atoms with Gasteiger partial charge in [-0.15, -0.1) is 0 Å². The molecule has 3 rings (SSSR count). The lowest BCUT2D eigenvalue weighted by molar-refractivity contribution is 0.0973. The number of hydrogen-bond acceptors (Lipinski definition) is 2. The molecule has 19 heavy (non-hydrogen) atoms. The van der Waals surface area contributed by atoms with Crippen molar-refractivity contribution in [2.45, 2.75) is 19.3 Å². The third-order valence-electron chi connectivity index (χ3n) is 3.80. The molecule has 1 aliphatic rings. The van der Waals surface area contributed by atoms with Crippen LogP contribution in [0.3, 0.4) is 0 Å². The van der Waals surface area contributed by atoms with Gasteiger partial charge in [0.1, 0.15) is 5.75 Å². The summed E-state index contributed by atoms with van der Waals surface area (Å²) in [6.45, 7) is 2.06. The Morgan fingerprint density at radius 3 is 2.53 bits per heavy atom. The van der Waals surface area contributed by atoms with Crippen LogP contribution in [0.1, 0.15) is 33.0 Å². The monoisotopic (exact) mass is 252 g/mol. The molecule has 2 aromatic carbocycles. The summed E-state index contributed by atoms with van der Waals surface area (Å²) in [6, 6.07) is 13.9. The van der Waals surface area contributed by atoms with Crippen molar-refractivity contribution in [1.29, 1.82) is 0 Å². The van der Waals surface area contributed by atoms with Crippen molar-refractivity contribution in [3.63, 3.8) is 0 Å². The molecule has 0 aliphatic heterocycles. The highest BCUT2D eigenvalue weighted by molar-refractivity contribution is 6.05. The number of carbonyl (C=O) groups is 1. The predicted octanol–water partition coefficient (Wildman–Crippen LogP) is 3.53. The summed E-state index contributed by atoms with van der Waals surface area (Å²) < 4.78 is 5.22. The average Bonchev–Trinajstić information content (AvgIpc) is 2.76. The smallest absolute Gasteiger partial charge is 0.170 e. The minimum absolute atomic E-state index is 0.0392. The van der Waals surface area contributed by atoms with E-state index in [2.05, 4.69) is 31.2 Å². The third kappa shape index (κ3) is 2.03. The zero-order valence-corrected chi connectivity index (χ0v) is 11.1. The number of benzene rings is 2. The van der Waals surface area contributed by atoms with Crippen molar-refractivity contribution in [2.24, 2.45) is 0 Å². The molecule has 0 saturated heterocycles. The molecule has 2 aromatic rings. The van der Waals surface area contributed by atoms with Crippen molar-refractivity contribution in [2.75, 3.05) is 7.11 Å². The van der Waals surface area contributed by atoms with Crippen LogP contribution in [0.2, 0.25) is 0 Å². The highest BCUT2D eigenvalue weighted by atomic mass is 16.5. The van der Waals surface area contributed by atoms with Gasteiger partial charge in [-0.3, -0.25) is 4.79 Å². The van der Waals surface area contributed by atoms with E-state index < -0.39 is 0 Å². The van der Waals surface area contributed by atoms with E-state index >= 15 is 0 Å². The number of aryl methyl sites for hydroxylation is 1. The zero-order valence-electron chi connectivity index (χ0n) is 11.1. The molecule has 1 aliphatic carbocycles. The number of methoxy groups -OCH3 is 1. The van der Waals surface area contributed by atoms with Gasteiger partial charge in [0.2, 0.25) is 0 Å². The Morgan fingerprint density at radius 1 is 1.11 bits per heavy atom. The standard InChI is InChI=1S/C17H16O2/c1-11-3-5-12(6-4-11)16-10-13-9-14(19-2)7-8-15(13)17(16)18/h3-9,16H,10H2,1-2H3/t16-/m0/s1. The Labute approximate surface area is 113 Å². The van der Waals surface area contributed by atoms with Gasteiger partial charge < -0.3 is 4.74 Å². The number of hydrogen-bond donors (Lipinski definition) is 0. The van der Waals surface area contributed by atoms with Crippen LogP contribution in [0.5, 0.6) is 5.75 Å². The van der Waals surface area contributed by atoms with Gasteiger partial charge in [-0.2, -0.15) is 0 Å². The first-order chi connectivity index (χ1) is 9.19. The van der Waals surface area contributed by atoms with E-state index in [1.165, 1.54) is 5.56 Å². The van der Waals surface area contributed by atoms with Crippen LogP contribution in [-0.4, -0.2) is 12.9 Å². The summed E-state index contributed by atoms with van der Waals surface area (Å²) in [5.74, 6) is 1.00. The van der Waals surface area contributed by atoms with Crippen LogP contribution in [0, 0.1) is 6.92 Å². The predicted molar refractivity (Wildman–Crippen MR) is 74.9 cm³/mol. The molecule has 0 unspecified atom stereocenters. The van der Waals surface area contributed by atoms with Gasteiger partial charge in [0, 0.05) is 5.56 Å². The topological polar surface area (TPSA) is 26.3 Å². The molecule has 0 amide bonds. The van der Waals surface area contributed by atoms with Gasteiger partial charge in [0.15, 0.2) is 5.78 Å². The Kier molecular flexibility index (Phi) is 2.86. The number of ether oxygens (including phenoxy) is 1. The van der Waals surface area contributed by atoms with Crippen LogP contribution in [0.15, 0.2) is 42.5 Å². The SMILES string of the molecule is COc1ccc2c(c1)C[C@@H](c1ccc(C)cc1)C2=O. The Hall–Kier alpha value is -2.09. The van der Waals surface area contributed by atoms with Crippen molar-refractivity contribution >= 4 is 5.78 Å². The summed E-state index contributed by atoms with van der Waals surface area (Å²) in [5, 5.41) is 0. The molecule has 96 valence electrons. The van der Waals surface area contributed by atoms with Crippen LogP contribution in [0.4, 0.5) is 0 Å². The fourth-order valence-electron chi connectivity index (χ4n) is 2.67. The van der Waals surface area contributed by atoms with Gasteiger partial charge in [0.05, 0.1) is 13.0 Å². The zero-order chi connectivity index (χ0) is 13.4. The maximum Gasteiger partial charge on any atom is 0.170 e. The molecule has 2 heteroatoms. The van der Waals surface area contributed by atoms with Gasteiger partial charge in [-0.1, -0.05) is 29.8 Å². The number of fused-ring (bicyclic) bond motifs is 1. The van der Waals surface area contributed by atoms with Gasteiger partial charge >= 0.3 is 0 Å². The minimum Gasteiger partial charge on any atom is -0.497 e. The van der Waals surface area contributed by atoms with Crippen molar-refractivity contribution < 1.29 is 9.53 Å². The van der Waals surface area contributed by atoms with E-state index in [1.807, 2.05) is 18.2 Å². The van der Waals surface area contributed by atoms with Crippen molar-refractivity contribution in [3.8, 4) is 5.75 Å². The fourth-order valence-corrected chi connectivity index (χ4v) is 2.67. The number of carbonyl (C=O) groups excluding carboxylic acids is 1. The molecule has 0 radical (unpaired) electrons. The maximum atomic E-state index is 12.4. The lowest BCUT2D eigenvalue weighted by atomic mass is 9.94. The first-order valence-electron chi connectivity index (χ1n) is 6.47. The van der Waals surface area contributed by atoms with E-state index in [0.717, 1.165) is 28.9 Å². The van der Waals surface area contributed by atoms with E-state index in [1.54, 1.807) is 7.11 Å². The van der Waals surface area contributed by atoms with Crippen LogP contribution in [-0.2, 0) is 6.42 Å². The minimum atomic E-state index is -0.0392. The van der Waals surface area contributed by atoms with Crippen molar-refractivity contribution in [3.05, 3.63) is 64.7 Å². The lowest BCUT2D eigenvalue weighted by Crippen LogP contribution is -2.06. The molecule has 0 aromatic heterocycles. The normalized spacial score (nSPS) is 17.4. The van der Waals surface area contributed by atoms with Gasteiger partial charge in [-0.25, -0.2) is 0 Å². The summed E-state index contributed by atoms with van der Waals surface area (Å²) >= 11 is 0. The lowest BCUT2D eigenvalue weighted by Gasteiger charge is -2.08. The summed E-state index contributed by atoms with van der Waals surface area (Å²) in [7, 11) is 1.65. The summed E-state index contributed by atoms with van der Waals surface area (Å²) in [6.07, 6.45) is 0.772. The number of rotatable bonds is 2. The van der Waals surface area contributed by atoms with Gasteiger partial charge in [0.25, 0.3) is 0 Å². The third-order valence-corrected chi connectivity index (χ3v) is 3.80. The average molecular weight is 252 g/mol. The highest BCUT2D eigenvalue weighted by Gasteiger charge is 2.31. The van der Waals surface area contributed by atoms with Crippen LogP contribution >= 0.6 is 0 Å². The fraction of sp³-hybridized carbons (Fsp3) is 0.235. The van der Waals surface area contributed by atoms with E-state index in [4.69, 9.17) is 4.74 Å². The summed E-state index contributed by atoms with van der Waals surface area (Å²) in [4.78, 5) is 12.4. The molecule has 0 spiro atoms. The Bertz CT molecular complexity index is 626. The molecule has 1 atom stereocenters. The van der Waals surface area contributed by atoms with E-state index in [9.17, 15) is 4.79 Å². The second-order valence-corrected chi connectivity index (χ2v) is 5.05. The first kappa shape index (κ1) is 12.0. The summed E-state index contributed by atoms with van der Waals surface area (Å²) in [5.41, 5.74) is 4.25. The number of Topliss-reactive ketones (excluding diaryl/α,β-unsaturated/α-hetero) is 1. The van der Waals surface area contributed by atoms with E-state index in [0.29, 0.717) is 0 Å². The number of ketones is 1. The Balaban J connectivity index is 1.96. The highest BCUT2D eigenvalue weighted by Crippen LogP contribution is 2.35. The molecule has 2 nitrogen and oxygen atoms in total. The molecule has 0 heterocycles. The second-order valence-electron chi connectivity index (χ2n) is 5.05. The van der Waals surface area contributed by atoms with Crippen LogP contribution < -0.4 is 4.74 Å². The van der Waals surface area contributed by atoms with Gasteiger partial charge in [-0.05, 0) is 42.7 Å². The quantitative estimate of drug-likeness (QED) is 0.817. The molecule has 0 saturated carbocycles. The molecule has 0 N–H and O–H groups in total. The maximum absolute atomic E-state index is 12.4. The molecule has 0 fully saturated rings. The molecular weight excluding hydrogens is 236 g/mol. The first-order valence-corrected chi connectivity index (χ1v) is 6.47. The Morgan fingerprint density at radius 2 is 1.84 bits per heavy atom. The van der Waals surface area contributed by atoms with Crippen LogP contribution in [0.25, 0.3) is 0 Å². The molecule has 0 bridgehead atoms. The largest absolute Gasteiger partial charge is 0.497 e. The second kappa shape index (κ2) is 4.54. The van der Waals surface area contributed by atoms with Crippen molar-refractivity contribution in [1.82, 2.24) is 0 Å². The van der Waals surface area contributed by atoms with E-state index in [-0.39, 0.29) is 11.7 Å².